The Kier molecular flexibility index (Phi) is 4.50. The number of halogens is 1. The van der Waals surface area contributed by atoms with Gasteiger partial charge >= 0.3 is 0 Å². The molecule has 0 unspecified atom stereocenters. The zero-order valence-corrected chi connectivity index (χ0v) is 16.0. The molecule has 0 saturated carbocycles. The van der Waals surface area contributed by atoms with Crippen LogP contribution in [0.4, 0.5) is 0 Å². The Labute approximate surface area is 158 Å². The first kappa shape index (κ1) is 16.6. The van der Waals surface area contributed by atoms with Crippen LogP contribution in [0, 0.1) is 13.8 Å². The van der Waals surface area contributed by atoms with E-state index in [2.05, 4.69) is 20.5 Å². The summed E-state index contributed by atoms with van der Waals surface area (Å²) < 4.78 is 5.25. The molecular weight excluding hydrogens is 374 g/mol. The van der Waals surface area contributed by atoms with Gasteiger partial charge < -0.3 is 4.52 Å². The molecule has 0 amide bonds. The highest BCUT2D eigenvalue weighted by atomic mass is 35.5. The van der Waals surface area contributed by atoms with Crippen molar-refractivity contribution in [1.29, 1.82) is 0 Å². The monoisotopic (exact) mass is 387 g/mol. The van der Waals surface area contributed by atoms with Gasteiger partial charge in [-0.1, -0.05) is 28.9 Å². The topological polar surface area (TPSA) is 51.8 Å². The highest BCUT2D eigenvalue weighted by Gasteiger charge is 2.15. The van der Waals surface area contributed by atoms with Crippen molar-refractivity contribution < 1.29 is 4.52 Å². The van der Waals surface area contributed by atoms with Gasteiger partial charge in [-0.25, -0.2) is 9.97 Å². The van der Waals surface area contributed by atoms with Crippen LogP contribution in [0.1, 0.15) is 17.0 Å². The van der Waals surface area contributed by atoms with E-state index in [1.54, 1.807) is 29.4 Å². The molecule has 1 aromatic carbocycles. The lowest BCUT2D eigenvalue weighted by Gasteiger charge is -2.05. The lowest BCUT2D eigenvalue weighted by atomic mass is 10.1. The molecule has 4 aromatic rings. The third-order valence-corrected chi connectivity index (χ3v) is 6.18. The number of thioether (sulfide) groups is 1. The zero-order valence-electron chi connectivity index (χ0n) is 13.6. The first-order valence-electron chi connectivity index (χ1n) is 7.66. The van der Waals surface area contributed by atoms with Crippen molar-refractivity contribution in [1.82, 2.24) is 15.1 Å². The van der Waals surface area contributed by atoms with Crippen LogP contribution < -0.4 is 0 Å². The van der Waals surface area contributed by atoms with Gasteiger partial charge in [-0.2, -0.15) is 0 Å². The molecule has 4 nitrogen and oxygen atoms in total. The summed E-state index contributed by atoms with van der Waals surface area (Å²) >= 11 is 9.33. The fraction of sp³-hybridized carbons (Fsp3) is 0.167. The maximum absolute atomic E-state index is 6.02. The summed E-state index contributed by atoms with van der Waals surface area (Å²) in [6, 6.07) is 7.86. The van der Waals surface area contributed by atoms with Crippen LogP contribution in [0.5, 0.6) is 0 Å². The van der Waals surface area contributed by atoms with Crippen LogP contribution in [-0.4, -0.2) is 15.1 Å². The fourth-order valence-corrected chi connectivity index (χ4v) is 4.92. The lowest BCUT2D eigenvalue weighted by molar-refractivity contribution is 0.392. The van der Waals surface area contributed by atoms with Gasteiger partial charge in [0.15, 0.2) is 0 Å². The standard InChI is InChI=1S/C18H14ClN3OS2/c1-10-14(11(2)23-22-10)7-24-17-16-15(8-25-18(16)21-9-20-17)12-3-5-13(19)6-4-12/h3-6,8-9H,7H2,1-2H3. The van der Waals surface area contributed by atoms with E-state index in [0.29, 0.717) is 0 Å². The highest BCUT2D eigenvalue weighted by molar-refractivity contribution is 7.98. The van der Waals surface area contributed by atoms with Crippen molar-refractivity contribution >= 4 is 44.9 Å². The molecule has 25 heavy (non-hydrogen) atoms. The molecule has 0 bridgehead atoms. The number of rotatable bonds is 4. The number of nitrogens with zero attached hydrogens (tertiary/aromatic N) is 3. The minimum atomic E-state index is 0.729. The van der Waals surface area contributed by atoms with Crippen molar-refractivity contribution in [3.05, 3.63) is 58.0 Å². The van der Waals surface area contributed by atoms with E-state index in [-0.39, 0.29) is 0 Å². The minimum Gasteiger partial charge on any atom is -0.361 e. The third kappa shape index (κ3) is 3.17. The number of hydrogen-bond acceptors (Lipinski definition) is 6. The zero-order chi connectivity index (χ0) is 17.4. The van der Waals surface area contributed by atoms with Gasteiger partial charge in [-0.3, -0.25) is 0 Å². The van der Waals surface area contributed by atoms with E-state index < -0.39 is 0 Å². The average Bonchev–Trinajstić information content (AvgIpc) is 3.18. The van der Waals surface area contributed by atoms with E-state index in [9.17, 15) is 0 Å². The quantitative estimate of drug-likeness (QED) is 0.322. The Morgan fingerprint density at radius 2 is 1.96 bits per heavy atom. The van der Waals surface area contributed by atoms with E-state index in [4.69, 9.17) is 16.1 Å². The summed E-state index contributed by atoms with van der Waals surface area (Å²) in [5.74, 6) is 1.63. The summed E-state index contributed by atoms with van der Waals surface area (Å²) in [6.45, 7) is 3.90. The van der Waals surface area contributed by atoms with Gasteiger partial charge in [0.05, 0.1) is 11.1 Å². The van der Waals surface area contributed by atoms with E-state index in [0.717, 1.165) is 54.2 Å². The third-order valence-electron chi connectivity index (χ3n) is 4.03. The summed E-state index contributed by atoms with van der Waals surface area (Å²) in [7, 11) is 0. The Morgan fingerprint density at radius 1 is 1.16 bits per heavy atom. The van der Waals surface area contributed by atoms with Gasteiger partial charge in [0, 0.05) is 27.3 Å². The molecule has 0 aliphatic heterocycles. The van der Waals surface area contributed by atoms with Crippen molar-refractivity contribution in [2.24, 2.45) is 0 Å². The molecule has 7 heteroatoms. The fourth-order valence-electron chi connectivity index (χ4n) is 2.65. The predicted octanol–water partition coefficient (Wildman–Crippen LogP) is 5.91. The Balaban J connectivity index is 1.74. The molecule has 0 fully saturated rings. The van der Waals surface area contributed by atoms with Gasteiger partial charge in [0.25, 0.3) is 0 Å². The molecule has 0 radical (unpaired) electrons. The molecule has 0 N–H and O–H groups in total. The summed E-state index contributed by atoms with van der Waals surface area (Å²) in [4.78, 5) is 9.93. The first-order chi connectivity index (χ1) is 12.1. The minimum absolute atomic E-state index is 0.729. The molecule has 0 saturated heterocycles. The summed E-state index contributed by atoms with van der Waals surface area (Å²) in [5.41, 5.74) is 4.31. The Hall–Kier alpha value is -1.89. The van der Waals surface area contributed by atoms with Gasteiger partial charge in [-0.05, 0) is 31.5 Å². The van der Waals surface area contributed by atoms with Crippen LogP contribution in [0.15, 0.2) is 45.5 Å². The van der Waals surface area contributed by atoms with Crippen molar-refractivity contribution in [2.75, 3.05) is 0 Å². The molecular formula is C18H14ClN3OS2. The van der Waals surface area contributed by atoms with Gasteiger partial charge in [-0.15, -0.1) is 23.1 Å². The van der Waals surface area contributed by atoms with Crippen molar-refractivity contribution in [3.8, 4) is 11.1 Å². The Bertz CT molecular complexity index is 1020. The lowest BCUT2D eigenvalue weighted by Crippen LogP contribution is -1.89. The maximum Gasteiger partial charge on any atom is 0.137 e. The maximum atomic E-state index is 6.02. The number of fused-ring (bicyclic) bond motifs is 1. The van der Waals surface area contributed by atoms with Crippen LogP contribution in [-0.2, 0) is 5.75 Å². The second-order valence-electron chi connectivity index (χ2n) is 5.61. The van der Waals surface area contributed by atoms with Gasteiger partial charge in [0.1, 0.15) is 21.9 Å². The SMILES string of the molecule is Cc1noc(C)c1CSc1ncnc2scc(-c3ccc(Cl)cc3)c12. The Morgan fingerprint density at radius 3 is 2.68 bits per heavy atom. The molecule has 0 spiro atoms. The molecule has 3 aromatic heterocycles. The van der Waals surface area contributed by atoms with Crippen LogP contribution >= 0.6 is 34.7 Å². The number of benzene rings is 1. The van der Waals surface area contributed by atoms with Gasteiger partial charge in [0.2, 0.25) is 0 Å². The molecule has 0 atom stereocenters. The van der Waals surface area contributed by atoms with Crippen molar-refractivity contribution in [2.45, 2.75) is 24.6 Å². The second-order valence-corrected chi connectivity index (χ2v) is 7.87. The molecule has 3 heterocycles. The summed E-state index contributed by atoms with van der Waals surface area (Å²) in [6.07, 6.45) is 1.63. The smallest absolute Gasteiger partial charge is 0.137 e. The van der Waals surface area contributed by atoms with Crippen molar-refractivity contribution in [3.63, 3.8) is 0 Å². The van der Waals surface area contributed by atoms with Crippen LogP contribution in [0.25, 0.3) is 21.3 Å². The van der Waals surface area contributed by atoms with E-state index in [1.165, 1.54) is 0 Å². The second kappa shape index (κ2) is 6.78. The van der Waals surface area contributed by atoms with E-state index in [1.807, 2.05) is 38.1 Å². The number of aromatic nitrogens is 3. The normalized spacial score (nSPS) is 11.3. The highest BCUT2D eigenvalue weighted by Crippen LogP contribution is 2.39. The van der Waals surface area contributed by atoms with Crippen LogP contribution in [0.2, 0.25) is 5.02 Å². The van der Waals surface area contributed by atoms with Crippen LogP contribution in [0.3, 0.4) is 0 Å². The largest absolute Gasteiger partial charge is 0.361 e. The number of aryl methyl sites for hydroxylation is 2. The molecule has 4 rings (SSSR count). The molecule has 0 aliphatic carbocycles. The summed E-state index contributed by atoms with van der Waals surface area (Å²) in [5, 5.41) is 8.94. The molecule has 0 aliphatic rings. The molecule has 126 valence electrons. The number of thiophene rings is 1. The number of hydrogen-bond donors (Lipinski definition) is 0. The average molecular weight is 388 g/mol. The predicted molar refractivity (Wildman–Crippen MR) is 103 cm³/mol. The first-order valence-corrected chi connectivity index (χ1v) is 9.90. The van der Waals surface area contributed by atoms with E-state index >= 15 is 0 Å².